The number of phenolic OH excluding ortho intramolecular Hbond substituents is 1. The largest absolute Gasteiger partial charge is 0.508 e. The molecule has 0 amide bonds. The van der Waals surface area contributed by atoms with E-state index in [0.29, 0.717) is 5.75 Å². The minimum Gasteiger partial charge on any atom is -0.508 e. The van der Waals surface area contributed by atoms with Crippen molar-refractivity contribution in [1.82, 2.24) is 0 Å². The third kappa shape index (κ3) is 5.29. The summed E-state index contributed by atoms with van der Waals surface area (Å²) in [6.45, 7) is 1.73. The Balaban J connectivity index is 1.77. The maximum absolute atomic E-state index is 9.64. The molecule has 0 spiro atoms. The number of allylic oxidation sites excluding steroid dienone is 1. The number of hydrogen-bond acceptors (Lipinski definition) is 3. The lowest BCUT2D eigenvalue weighted by Gasteiger charge is -2.06. The molecule has 3 heteroatoms. The molecule has 0 heterocycles. The van der Waals surface area contributed by atoms with Crippen molar-refractivity contribution >= 4 is 17.3 Å². The van der Waals surface area contributed by atoms with Crippen LogP contribution in [-0.4, -0.2) is 22.6 Å². The van der Waals surface area contributed by atoms with E-state index in [1.807, 2.05) is 37.3 Å². The Morgan fingerprint density at radius 2 is 1.68 bits per heavy atom. The van der Waals surface area contributed by atoms with Crippen LogP contribution in [0.2, 0.25) is 0 Å². The minimum absolute atomic E-state index is 0.163. The van der Waals surface area contributed by atoms with Gasteiger partial charge in [0.15, 0.2) is 0 Å². The lowest BCUT2D eigenvalue weighted by Crippen LogP contribution is -1.86. The molecule has 0 aliphatic carbocycles. The fraction of sp³-hybridized carbons (Fsp3) is 0.120. The van der Waals surface area contributed by atoms with Gasteiger partial charge in [0.1, 0.15) is 12.4 Å². The van der Waals surface area contributed by atoms with E-state index in [0.717, 1.165) is 32.9 Å². The number of hydrogen-bond donors (Lipinski definition) is 2. The van der Waals surface area contributed by atoms with Crippen LogP contribution >= 0.6 is 11.8 Å². The lowest BCUT2D eigenvalue weighted by molar-refractivity contribution is 0.350. The van der Waals surface area contributed by atoms with E-state index in [4.69, 9.17) is 5.11 Å². The summed E-state index contributed by atoms with van der Waals surface area (Å²) < 4.78 is 0. The summed E-state index contributed by atoms with van der Waals surface area (Å²) in [4.78, 5) is 1.10. The number of aliphatic hydroxyl groups excluding tert-OH is 1. The summed E-state index contributed by atoms with van der Waals surface area (Å²) in [5.41, 5.74) is 5.14. The van der Waals surface area contributed by atoms with E-state index in [1.54, 1.807) is 17.8 Å². The standard InChI is InChI=1S/C25H22O2S/c1-19-18-24(13-14-25(19)27)28-17-15-21(8-5-16-26)23-11-9-22(10-12-23)20-6-3-2-4-7-20/h2-4,6-7,9-15,18,26-27H,16-17H2,1H3/b21-15-. The molecule has 3 aromatic rings. The summed E-state index contributed by atoms with van der Waals surface area (Å²) in [5, 5.41) is 18.7. The van der Waals surface area contributed by atoms with Crippen LogP contribution in [0.1, 0.15) is 11.1 Å². The Labute approximate surface area is 170 Å². The Morgan fingerprint density at radius 1 is 0.964 bits per heavy atom. The van der Waals surface area contributed by atoms with Gasteiger partial charge in [0, 0.05) is 16.2 Å². The van der Waals surface area contributed by atoms with Crippen molar-refractivity contribution in [3.63, 3.8) is 0 Å². The number of benzene rings is 3. The second-order valence-electron chi connectivity index (χ2n) is 6.28. The first kappa shape index (κ1) is 19.8. The molecule has 2 nitrogen and oxygen atoms in total. The molecule has 3 aromatic carbocycles. The van der Waals surface area contributed by atoms with E-state index < -0.39 is 0 Å². The zero-order valence-corrected chi connectivity index (χ0v) is 16.5. The van der Waals surface area contributed by atoms with Gasteiger partial charge >= 0.3 is 0 Å². The van der Waals surface area contributed by atoms with Crippen LogP contribution in [0.25, 0.3) is 16.7 Å². The van der Waals surface area contributed by atoms with Gasteiger partial charge in [0.05, 0.1) is 0 Å². The number of aryl methyl sites for hydroxylation is 1. The number of thioether (sulfide) groups is 1. The monoisotopic (exact) mass is 386 g/mol. The van der Waals surface area contributed by atoms with Gasteiger partial charge in [0.2, 0.25) is 0 Å². The van der Waals surface area contributed by atoms with Crippen LogP contribution in [0.15, 0.2) is 83.8 Å². The lowest BCUT2D eigenvalue weighted by atomic mass is 10.0. The average molecular weight is 387 g/mol. The number of rotatable bonds is 5. The third-order valence-electron chi connectivity index (χ3n) is 4.31. The van der Waals surface area contributed by atoms with Gasteiger partial charge in [-0.05, 0) is 47.4 Å². The molecule has 0 saturated heterocycles. The van der Waals surface area contributed by atoms with Crippen LogP contribution in [-0.2, 0) is 0 Å². The Kier molecular flexibility index (Phi) is 6.97. The second-order valence-corrected chi connectivity index (χ2v) is 7.37. The maximum Gasteiger partial charge on any atom is 0.118 e. The Bertz CT molecular complexity index is 1010. The fourth-order valence-corrected chi connectivity index (χ4v) is 3.65. The first-order valence-corrected chi connectivity index (χ1v) is 10.0. The van der Waals surface area contributed by atoms with E-state index in [-0.39, 0.29) is 6.61 Å². The summed E-state index contributed by atoms with van der Waals surface area (Å²) in [6, 6.07) is 24.2. The molecule has 0 aliphatic rings. The third-order valence-corrected chi connectivity index (χ3v) is 5.23. The smallest absolute Gasteiger partial charge is 0.118 e. The van der Waals surface area contributed by atoms with Crippen molar-refractivity contribution in [1.29, 1.82) is 0 Å². The van der Waals surface area contributed by atoms with Gasteiger partial charge < -0.3 is 10.2 Å². The normalized spacial score (nSPS) is 11.0. The highest BCUT2D eigenvalue weighted by Gasteiger charge is 2.02. The molecule has 2 N–H and O–H groups in total. The second kappa shape index (κ2) is 9.85. The molecule has 0 atom stereocenters. The van der Waals surface area contributed by atoms with Crippen molar-refractivity contribution in [3.05, 3.63) is 90.0 Å². The van der Waals surface area contributed by atoms with Gasteiger partial charge in [-0.15, -0.1) is 11.8 Å². The summed E-state index contributed by atoms with van der Waals surface area (Å²) >= 11 is 1.68. The van der Waals surface area contributed by atoms with Gasteiger partial charge in [0.25, 0.3) is 0 Å². The van der Waals surface area contributed by atoms with Crippen molar-refractivity contribution < 1.29 is 10.2 Å². The van der Waals surface area contributed by atoms with Crippen molar-refractivity contribution in [2.45, 2.75) is 11.8 Å². The van der Waals surface area contributed by atoms with Gasteiger partial charge in [-0.2, -0.15) is 0 Å². The molecule has 0 saturated carbocycles. The first-order chi connectivity index (χ1) is 13.7. The van der Waals surface area contributed by atoms with E-state index in [9.17, 15) is 5.11 Å². The van der Waals surface area contributed by atoms with Gasteiger partial charge in [-0.25, -0.2) is 0 Å². The molecule has 3 rings (SSSR count). The molecular formula is C25H22O2S. The maximum atomic E-state index is 9.64. The first-order valence-electron chi connectivity index (χ1n) is 9.05. The summed E-state index contributed by atoms with van der Waals surface area (Å²) in [6.07, 6.45) is 2.08. The highest BCUT2D eigenvalue weighted by Crippen LogP contribution is 2.26. The number of phenols is 1. The van der Waals surface area contributed by atoms with Crippen LogP contribution in [0, 0.1) is 18.8 Å². The molecular weight excluding hydrogens is 364 g/mol. The average Bonchev–Trinajstić information content (AvgIpc) is 2.74. The summed E-state index contributed by atoms with van der Waals surface area (Å²) in [5.74, 6) is 6.88. The van der Waals surface area contributed by atoms with Crippen LogP contribution in [0.3, 0.4) is 0 Å². The van der Waals surface area contributed by atoms with Gasteiger partial charge in [-0.3, -0.25) is 0 Å². The molecule has 0 bridgehead atoms. The van der Waals surface area contributed by atoms with Crippen LogP contribution < -0.4 is 0 Å². The molecule has 28 heavy (non-hydrogen) atoms. The minimum atomic E-state index is -0.163. The number of aromatic hydroxyl groups is 1. The number of aliphatic hydroxyl groups is 1. The SMILES string of the molecule is Cc1cc(SC/C=C(/C#CCO)c2ccc(-c3ccccc3)cc2)ccc1O. The Hall–Kier alpha value is -2.93. The van der Waals surface area contributed by atoms with E-state index >= 15 is 0 Å². The highest BCUT2D eigenvalue weighted by molar-refractivity contribution is 7.99. The van der Waals surface area contributed by atoms with E-state index in [2.05, 4.69) is 54.3 Å². The predicted molar refractivity (Wildman–Crippen MR) is 118 cm³/mol. The quantitative estimate of drug-likeness (QED) is 0.447. The molecule has 0 unspecified atom stereocenters. The van der Waals surface area contributed by atoms with Crippen LogP contribution in [0.4, 0.5) is 0 Å². The molecule has 0 radical (unpaired) electrons. The molecule has 0 fully saturated rings. The topological polar surface area (TPSA) is 40.5 Å². The zero-order chi connectivity index (χ0) is 19.8. The highest BCUT2D eigenvalue weighted by atomic mass is 32.2. The van der Waals surface area contributed by atoms with Crippen molar-refractivity contribution in [3.8, 4) is 28.7 Å². The molecule has 0 aliphatic heterocycles. The Morgan fingerprint density at radius 3 is 2.36 bits per heavy atom. The summed E-state index contributed by atoms with van der Waals surface area (Å²) in [7, 11) is 0. The predicted octanol–water partition coefficient (Wildman–Crippen LogP) is 5.54. The fourth-order valence-electron chi connectivity index (χ4n) is 2.79. The van der Waals surface area contributed by atoms with E-state index in [1.165, 1.54) is 5.56 Å². The molecule has 0 aromatic heterocycles. The van der Waals surface area contributed by atoms with Crippen molar-refractivity contribution in [2.24, 2.45) is 0 Å². The van der Waals surface area contributed by atoms with Crippen LogP contribution in [0.5, 0.6) is 5.75 Å². The van der Waals surface area contributed by atoms with Crippen molar-refractivity contribution in [2.75, 3.05) is 12.4 Å². The van der Waals surface area contributed by atoms with Gasteiger partial charge in [-0.1, -0.05) is 72.5 Å². The zero-order valence-electron chi connectivity index (χ0n) is 15.7. The molecule has 140 valence electrons.